The van der Waals surface area contributed by atoms with E-state index in [0.717, 1.165) is 11.3 Å². The van der Waals surface area contributed by atoms with Gasteiger partial charge < -0.3 is 9.47 Å². The van der Waals surface area contributed by atoms with E-state index in [0.29, 0.717) is 11.3 Å². The third-order valence-corrected chi connectivity index (χ3v) is 3.02. The van der Waals surface area contributed by atoms with Crippen LogP contribution in [0.1, 0.15) is 36.7 Å². The molecule has 0 aliphatic heterocycles. The van der Waals surface area contributed by atoms with E-state index in [1.54, 1.807) is 37.6 Å². The summed E-state index contributed by atoms with van der Waals surface area (Å²) in [6.45, 7) is 5.99. The zero-order valence-corrected chi connectivity index (χ0v) is 14.4. The Labute approximate surface area is 142 Å². The zero-order valence-electron chi connectivity index (χ0n) is 14.4. The maximum absolute atomic E-state index is 12.0. The van der Waals surface area contributed by atoms with E-state index < -0.39 is 0 Å². The Morgan fingerprint density at radius 3 is 2.42 bits per heavy atom. The summed E-state index contributed by atoms with van der Waals surface area (Å²) in [5, 5.41) is 3.97. The van der Waals surface area contributed by atoms with Gasteiger partial charge >= 0.3 is 0 Å². The molecule has 5 heteroatoms. The van der Waals surface area contributed by atoms with Crippen molar-refractivity contribution < 1.29 is 14.3 Å². The molecule has 0 aliphatic carbocycles. The minimum Gasteiger partial charge on any atom is -0.497 e. The maximum atomic E-state index is 12.0. The van der Waals surface area contributed by atoms with E-state index in [-0.39, 0.29) is 11.5 Å². The maximum Gasteiger partial charge on any atom is 0.271 e. The Kier molecular flexibility index (Phi) is 5.58. The average molecular weight is 326 g/mol. The van der Waals surface area contributed by atoms with Crippen molar-refractivity contribution in [2.75, 3.05) is 7.11 Å². The highest BCUT2D eigenvalue weighted by atomic mass is 16.5. The molecule has 24 heavy (non-hydrogen) atoms. The molecule has 0 fully saturated rings. The predicted octanol–water partition coefficient (Wildman–Crippen LogP) is 3.64. The number of carbonyl (C=O) groups excluding carboxylic acids is 1. The third-order valence-electron chi connectivity index (χ3n) is 3.02. The Balaban J connectivity index is 1.94. The third kappa shape index (κ3) is 5.43. The number of hydrazone groups is 1. The molecule has 2 aromatic carbocycles. The van der Waals surface area contributed by atoms with E-state index in [9.17, 15) is 4.79 Å². The lowest BCUT2D eigenvalue weighted by molar-refractivity contribution is 0.0954. The van der Waals surface area contributed by atoms with Crippen LogP contribution in [0.25, 0.3) is 0 Å². The number of hydrogen-bond acceptors (Lipinski definition) is 4. The van der Waals surface area contributed by atoms with Crippen LogP contribution >= 0.6 is 0 Å². The van der Waals surface area contributed by atoms with Gasteiger partial charge in [-0.2, -0.15) is 5.10 Å². The van der Waals surface area contributed by atoms with E-state index in [2.05, 4.69) is 10.5 Å². The number of rotatable bonds is 5. The second kappa shape index (κ2) is 7.64. The van der Waals surface area contributed by atoms with Gasteiger partial charge in [-0.15, -0.1) is 0 Å². The minimum atomic E-state index is -0.294. The van der Waals surface area contributed by atoms with Crippen molar-refractivity contribution in [2.45, 2.75) is 26.4 Å². The van der Waals surface area contributed by atoms with Gasteiger partial charge in [0.25, 0.3) is 5.91 Å². The minimum absolute atomic E-state index is 0.236. The predicted molar refractivity (Wildman–Crippen MR) is 94.9 cm³/mol. The molecule has 126 valence electrons. The molecular formula is C19H22N2O3. The van der Waals surface area contributed by atoms with Gasteiger partial charge in [0.2, 0.25) is 0 Å². The summed E-state index contributed by atoms with van der Waals surface area (Å²) in [5.74, 6) is 1.12. The Morgan fingerprint density at radius 1 is 1.08 bits per heavy atom. The molecule has 0 aliphatic rings. The number of benzene rings is 2. The van der Waals surface area contributed by atoms with Gasteiger partial charge in [-0.25, -0.2) is 5.43 Å². The molecule has 0 aromatic heterocycles. The van der Waals surface area contributed by atoms with Gasteiger partial charge in [-0.1, -0.05) is 6.07 Å². The topological polar surface area (TPSA) is 59.9 Å². The molecule has 0 heterocycles. The summed E-state index contributed by atoms with van der Waals surface area (Å²) in [6.07, 6.45) is 1.58. The van der Waals surface area contributed by atoms with Crippen LogP contribution < -0.4 is 14.9 Å². The highest BCUT2D eigenvalue weighted by Gasteiger charge is 2.11. The number of hydrogen-bond donors (Lipinski definition) is 1. The number of nitrogens with one attached hydrogen (secondary N) is 1. The Bertz CT molecular complexity index is 716. The normalized spacial score (nSPS) is 11.3. The van der Waals surface area contributed by atoms with Crippen LogP contribution in [0.15, 0.2) is 53.6 Å². The Morgan fingerprint density at radius 2 is 1.79 bits per heavy atom. The van der Waals surface area contributed by atoms with Crippen LogP contribution in [0, 0.1) is 0 Å². The fourth-order valence-electron chi connectivity index (χ4n) is 1.97. The first-order valence-electron chi connectivity index (χ1n) is 7.64. The first-order valence-corrected chi connectivity index (χ1v) is 7.64. The van der Waals surface area contributed by atoms with Gasteiger partial charge in [0.05, 0.1) is 13.3 Å². The van der Waals surface area contributed by atoms with Crippen LogP contribution in [0.5, 0.6) is 11.5 Å². The second-order valence-corrected chi connectivity index (χ2v) is 6.21. The smallest absolute Gasteiger partial charge is 0.271 e. The second-order valence-electron chi connectivity index (χ2n) is 6.21. The summed E-state index contributed by atoms with van der Waals surface area (Å²) in [4.78, 5) is 12.0. The molecule has 1 N–H and O–H groups in total. The molecule has 0 saturated carbocycles. The van der Waals surface area contributed by atoms with Crippen molar-refractivity contribution in [3.63, 3.8) is 0 Å². The van der Waals surface area contributed by atoms with E-state index >= 15 is 0 Å². The van der Waals surface area contributed by atoms with Crippen LogP contribution in [0.4, 0.5) is 0 Å². The van der Waals surface area contributed by atoms with Gasteiger partial charge in [0.1, 0.15) is 17.1 Å². The van der Waals surface area contributed by atoms with Crippen molar-refractivity contribution in [3.8, 4) is 11.5 Å². The fraction of sp³-hybridized carbons (Fsp3) is 0.263. The average Bonchev–Trinajstić information content (AvgIpc) is 2.55. The first kappa shape index (κ1) is 17.5. The lowest BCUT2D eigenvalue weighted by Crippen LogP contribution is -2.22. The number of carbonyl (C=O) groups is 1. The molecule has 0 bridgehead atoms. The molecule has 0 atom stereocenters. The van der Waals surface area contributed by atoms with E-state index in [1.165, 1.54) is 0 Å². The number of methoxy groups -OCH3 is 1. The lowest BCUT2D eigenvalue weighted by Gasteiger charge is -2.21. The van der Waals surface area contributed by atoms with Crippen LogP contribution in [0.2, 0.25) is 0 Å². The van der Waals surface area contributed by atoms with Crippen molar-refractivity contribution in [2.24, 2.45) is 5.10 Å². The molecule has 2 aromatic rings. The lowest BCUT2D eigenvalue weighted by atomic mass is 10.2. The summed E-state index contributed by atoms with van der Waals surface area (Å²) in [6, 6.07) is 14.4. The quantitative estimate of drug-likeness (QED) is 0.674. The van der Waals surface area contributed by atoms with Crippen molar-refractivity contribution in [1.29, 1.82) is 0 Å². The first-order chi connectivity index (χ1) is 11.4. The van der Waals surface area contributed by atoms with Gasteiger partial charge in [0.15, 0.2) is 0 Å². The molecule has 2 rings (SSSR count). The fourth-order valence-corrected chi connectivity index (χ4v) is 1.97. The summed E-state index contributed by atoms with van der Waals surface area (Å²) >= 11 is 0. The van der Waals surface area contributed by atoms with Crippen molar-refractivity contribution in [1.82, 2.24) is 5.43 Å². The van der Waals surface area contributed by atoms with Crippen molar-refractivity contribution >= 4 is 12.1 Å². The monoisotopic (exact) mass is 326 g/mol. The molecule has 5 nitrogen and oxygen atoms in total. The molecule has 0 spiro atoms. The molecular weight excluding hydrogens is 304 g/mol. The highest BCUT2D eigenvalue weighted by Crippen LogP contribution is 2.18. The Hall–Kier alpha value is -2.82. The highest BCUT2D eigenvalue weighted by molar-refractivity contribution is 5.95. The van der Waals surface area contributed by atoms with E-state index in [1.807, 2.05) is 45.0 Å². The molecule has 0 unspecified atom stereocenters. The summed E-state index contributed by atoms with van der Waals surface area (Å²) in [7, 11) is 1.56. The van der Waals surface area contributed by atoms with Gasteiger partial charge in [-0.05, 0) is 68.8 Å². The van der Waals surface area contributed by atoms with Crippen LogP contribution in [-0.4, -0.2) is 24.8 Å². The number of nitrogens with zero attached hydrogens (tertiary/aromatic N) is 1. The summed E-state index contributed by atoms with van der Waals surface area (Å²) < 4.78 is 10.8. The molecule has 0 radical (unpaired) electrons. The SMILES string of the molecule is COc1cccc(C(=O)N/N=C/c2ccc(OC(C)(C)C)cc2)c1. The number of amides is 1. The van der Waals surface area contributed by atoms with E-state index in [4.69, 9.17) is 9.47 Å². The van der Waals surface area contributed by atoms with Crippen LogP contribution in [0.3, 0.4) is 0 Å². The zero-order chi connectivity index (χ0) is 17.6. The molecule has 1 amide bonds. The van der Waals surface area contributed by atoms with Gasteiger partial charge in [-0.3, -0.25) is 4.79 Å². The summed E-state index contributed by atoms with van der Waals surface area (Å²) in [5.41, 5.74) is 3.61. The largest absolute Gasteiger partial charge is 0.497 e. The number of ether oxygens (including phenoxy) is 2. The van der Waals surface area contributed by atoms with Crippen molar-refractivity contribution in [3.05, 3.63) is 59.7 Å². The van der Waals surface area contributed by atoms with Crippen LogP contribution in [-0.2, 0) is 0 Å². The molecule has 0 saturated heterocycles. The standard InChI is InChI=1S/C19H22N2O3/c1-19(2,3)24-16-10-8-14(9-11-16)13-20-21-18(22)15-6-5-7-17(12-15)23-4/h5-13H,1-4H3,(H,21,22)/b20-13+. The van der Waals surface area contributed by atoms with Gasteiger partial charge in [0, 0.05) is 5.56 Å².